The van der Waals surface area contributed by atoms with Gasteiger partial charge in [0, 0.05) is 23.6 Å². The number of hydrogen-bond acceptors (Lipinski definition) is 6. The van der Waals surface area contributed by atoms with Crippen molar-refractivity contribution in [3.05, 3.63) is 33.1 Å². The van der Waals surface area contributed by atoms with Crippen molar-refractivity contribution in [1.82, 2.24) is 9.55 Å². The number of ether oxygens (including phenoxy) is 1. The van der Waals surface area contributed by atoms with Crippen LogP contribution in [-0.2, 0) is 4.74 Å². The predicted octanol–water partition coefficient (Wildman–Crippen LogP) is 0.924. The number of thioether (sulfide) groups is 1. The van der Waals surface area contributed by atoms with Gasteiger partial charge in [0.05, 0.1) is 18.8 Å². The lowest BCUT2D eigenvalue weighted by Crippen LogP contribution is -2.23. The van der Waals surface area contributed by atoms with Gasteiger partial charge in [0.25, 0.3) is 5.56 Å². The van der Waals surface area contributed by atoms with Crippen LogP contribution < -0.4 is 5.56 Å². The van der Waals surface area contributed by atoms with Crippen molar-refractivity contribution in [3.8, 4) is 0 Å². The Balaban J connectivity index is 2.28. The van der Waals surface area contributed by atoms with Gasteiger partial charge < -0.3 is 14.4 Å². The number of hydrogen-bond donors (Lipinski definition) is 1. The Morgan fingerprint density at radius 3 is 3.21 bits per heavy atom. The molecule has 0 amide bonds. The van der Waals surface area contributed by atoms with Gasteiger partial charge in [0.1, 0.15) is 6.23 Å². The number of rotatable bonds is 4. The lowest BCUT2D eigenvalue weighted by Gasteiger charge is -2.17. The molecule has 2 heterocycles. The molecule has 0 radical (unpaired) electrons. The summed E-state index contributed by atoms with van der Waals surface area (Å²) in [4.78, 5) is 17.9. The van der Waals surface area contributed by atoms with Crippen LogP contribution in [0.2, 0.25) is 0 Å². The van der Waals surface area contributed by atoms with Crippen LogP contribution in [0.5, 0.6) is 0 Å². The average molecular weight is 283 g/mol. The van der Waals surface area contributed by atoms with E-state index < -0.39 is 18.4 Å². The van der Waals surface area contributed by atoms with Gasteiger partial charge in [0.2, 0.25) is 0 Å². The van der Waals surface area contributed by atoms with Crippen molar-refractivity contribution in [1.29, 1.82) is 0 Å². The van der Waals surface area contributed by atoms with Gasteiger partial charge in [-0.1, -0.05) is 16.9 Å². The Labute approximate surface area is 113 Å². The molecule has 0 saturated carbocycles. The minimum Gasteiger partial charge on any atom is -0.394 e. The SMILES string of the molecule is CSc1nc(=O)ccn1[C@H]1C[C@H](N=[N+]=[N-])[C@@H](CO)O1. The van der Waals surface area contributed by atoms with Crippen molar-refractivity contribution in [2.75, 3.05) is 12.9 Å². The summed E-state index contributed by atoms with van der Waals surface area (Å²) in [6.45, 7) is -0.220. The van der Waals surface area contributed by atoms with E-state index in [-0.39, 0.29) is 12.2 Å². The molecule has 0 unspecified atom stereocenters. The van der Waals surface area contributed by atoms with E-state index >= 15 is 0 Å². The molecule has 2 rings (SSSR count). The van der Waals surface area contributed by atoms with Gasteiger partial charge in [0.15, 0.2) is 5.16 Å². The van der Waals surface area contributed by atoms with Crippen LogP contribution in [0, 0.1) is 0 Å². The lowest BCUT2D eigenvalue weighted by molar-refractivity contribution is -0.0296. The Hall–Kier alpha value is -1.54. The molecule has 19 heavy (non-hydrogen) atoms. The minimum absolute atomic E-state index is 0.220. The van der Waals surface area contributed by atoms with E-state index in [0.29, 0.717) is 11.6 Å². The third kappa shape index (κ3) is 2.90. The van der Waals surface area contributed by atoms with E-state index in [1.54, 1.807) is 10.8 Å². The molecule has 3 atom stereocenters. The van der Waals surface area contributed by atoms with E-state index in [0.717, 1.165) is 0 Å². The summed E-state index contributed by atoms with van der Waals surface area (Å²) in [6.07, 6.45) is 2.91. The number of aliphatic hydroxyl groups is 1. The van der Waals surface area contributed by atoms with Crippen molar-refractivity contribution < 1.29 is 9.84 Å². The number of aromatic nitrogens is 2. The van der Waals surface area contributed by atoms with Crippen LogP contribution in [0.1, 0.15) is 12.6 Å². The summed E-state index contributed by atoms with van der Waals surface area (Å²) in [5, 5.41) is 13.4. The van der Waals surface area contributed by atoms with Crippen molar-refractivity contribution >= 4 is 11.8 Å². The Morgan fingerprint density at radius 1 is 1.79 bits per heavy atom. The normalized spacial score (nSPS) is 26.1. The molecule has 1 fully saturated rings. The highest BCUT2D eigenvalue weighted by Crippen LogP contribution is 2.32. The molecule has 1 N–H and O–H groups in total. The predicted molar refractivity (Wildman–Crippen MR) is 68.8 cm³/mol. The molecule has 1 aromatic heterocycles. The summed E-state index contributed by atoms with van der Waals surface area (Å²) in [6, 6.07) is 0.923. The van der Waals surface area contributed by atoms with Gasteiger partial charge in [-0.2, -0.15) is 4.98 Å². The van der Waals surface area contributed by atoms with Gasteiger partial charge in [-0.05, 0) is 11.8 Å². The molecule has 102 valence electrons. The van der Waals surface area contributed by atoms with Crippen LogP contribution in [0.4, 0.5) is 0 Å². The Kier molecular flexibility index (Phi) is 4.43. The fraction of sp³-hybridized carbons (Fsp3) is 0.600. The second kappa shape index (κ2) is 6.07. The number of azide groups is 1. The second-order valence-electron chi connectivity index (χ2n) is 3.98. The van der Waals surface area contributed by atoms with Crippen LogP contribution in [0.3, 0.4) is 0 Å². The number of nitrogens with zero attached hydrogens (tertiary/aromatic N) is 5. The highest BCUT2D eigenvalue weighted by Gasteiger charge is 2.35. The monoisotopic (exact) mass is 283 g/mol. The highest BCUT2D eigenvalue weighted by molar-refractivity contribution is 7.98. The summed E-state index contributed by atoms with van der Waals surface area (Å²) >= 11 is 1.33. The molecule has 9 heteroatoms. The van der Waals surface area contributed by atoms with Gasteiger partial charge in [-0.3, -0.25) is 4.79 Å². The van der Waals surface area contributed by atoms with E-state index in [1.165, 1.54) is 17.8 Å². The summed E-state index contributed by atoms with van der Waals surface area (Å²) in [7, 11) is 0. The molecule has 1 aromatic rings. The molecule has 0 aromatic carbocycles. The first-order valence-electron chi connectivity index (χ1n) is 5.63. The fourth-order valence-electron chi connectivity index (χ4n) is 2.01. The highest BCUT2D eigenvalue weighted by atomic mass is 32.2. The largest absolute Gasteiger partial charge is 0.394 e. The molecule has 0 bridgehead atoms. The lowest BCUT2D eigenvalue weighted by atomic mass is 10.1. The van der Waals surface area contributed by atoms with Crippen molar-refractivity contribution in [3.63, 3.8) is 0 Å². The van der Waals surface area contributed by atoms with Crippen LogP contribution >= 0.6 is 11.8 Å². The van der Waals surface area contributed by atoms with Crippen LogP contribution in [0.25, 0.3) is 10.4 Å². The van der Waals surface area contributed by atoms with Gasteiger partial charge in [-0.25, -0.2) is 0 Å². The van der Waals surface area contributed by atoms with E-state index in [2.05, 4.69) is 15.0 Å². The Bertz CT molecular complexity index is 556. The zero-order chi connectivity index (χ0) is 13.8. The van der Waals surface area contributed by atoms with E-state index in [9.17, 15) is 9.90 Å². The van der Waals surface area contributed by atoms with Crippen LogP contribution in [-0.4, -0.2) is 39.7 Å². The maximum atomic E-state index is 11.2. The van der Waals surface area contributed by atoms with Gasteiger partial charge in [-0.15, -0.1) is 0 Å². The first-order chi connectivity index (χ1) is 9.19. The molecule has 1 aliphatic rings. The van der Waals surface area contributed by atoms with Crippen LogP contribution in [0.15, 0.2) is 27.3 Å². The molecule has 0 spiro atoms. The molecule has 8 nitrogen and oxygen atoms in total. The topological polar surface area (TPSA) is 113 Å². The zero-order valence-electron chi connectivity index (χ0n) is 10.2. The molecule has 1 aliphatic heterocycles. The third-order valence-electron chi connectivity index (χ3n) is 2.88. The smallest absolute Gasteiger partial charge is 0.273 e. The third-order valence-corrected chi connectivity index (χ3v) is 3.55. The second-order valence-corrected chi connectivity index (χ2v) is 4.75. The summed E-state index contributed by atoms with van der Waals surface area (Å²) in [5.41, 5.74) is 8.17. The van der Waals surface area contributed by atoms with Crippen molar-refractivity contribution in [2.45, 2.75) is 30.0 Å². The summed E-state index contributed by atoms with van der Waals surface area (Å²) in [5.74, 6) is 0. The van der Waals surface area contributed by atoms with Crippen molar-refractivity contribution in [2.24, 2.45) is 5.11 Å². The Morgan fingerprint density at radius 2 is 2.58 bits per heavy atom. The fourth-order valence-corrected chi connectivity index (χ4v) is 2.58. The average Bonchev–Trinajstić information content (AvgIpc) is 2.82. The first-order valence-corrected chi connectivity index (χ1v) is 6.85. The summed E-state index contributed by atoms with van der Waals surface area (Å²) < 4.78 is 7.35. The maximum absolute atomic E-state index is 11.2. The quantitative estimate of drug-likeness (QED) is 0.290. The maximum Gasteiger partial charge on any atom is 0.273 e. The molecular weight excluding hydrogens is 270 g/mol. The standard InChI is InChI=1S/C10H13N5O3S/c1-19-10-12-8(17)2-3-15(10)9-4-6(13-14-11)7(5-16)18-9/h2-3,6-7,9,16H,4-5H2,1H3/t6-,7+,9+/m0/s1. The van der Waals surface area contributed by atoms with Gasteiger partial charge >= 0.3 is 0 Å². The minimum atomic E-state index is -0.532. The molecule has 0 aliphatic carbocycles. The van der Waals surface area contributed by atoms with E-state index in [4.69, 9.17) is 10.3 Å². The zero-order valence-corrected chi connectivity index (χ0v) is 11.0. The van der Waals surface area contributed by atoms with E-state index in [1.807, 2.05) is 6.26 Å². The molecular formula is C10H13N5O3S. The molecule has 1 saturated heterocycles. The number of aliphatic hydroxyl groups excluding tert-OH is 1. The first kappa shape index (κ1) is 13.9.